The van der Waals surface area contributed by atoms with Crippen LogP contribution in [0.15, 0.2) is 24.7 Å². The van der Waals surface area contributed by atoms with Crippen LogP contribution in [0.4, 0.5) is 0 Å². The number of amides is 1. The predicted molar refractivity (Wildman–Crippen MR) is 82.6 cm³/mol. The molecule has 116 valence electrons. The molecule has 2 aromatic rings. The highest BCUT2D eigenvalue weighted by Crippen LogP contribution is 2.50. The number of hydrogen-bond donors (Lipinski definition) is 1. The summed E-state index contributed by atoms with van der Waals surface area (Å²) < 4.78 is 1.88. The largest absolute Gasteiger partial charge is 0.384 e. The van der Waals surface area contributed by atoms with Gasteiger partial charge in [0.15, 0.2) is 0 Å². The summed E-state index contributed by atoms with van der Waals surface area (Å²) in [5.41, 5.74) is 0.707. The highest BCUT2D eigenvalue weighted by molar-refractivity contribution is 6.31. The zero-order valence-corrected chi connectivity index (χ0v) is 13.1. The molecule has 1 aliphatic carbocycles. The fourth-order valence-corrected chi connectivity index (χ4v) is 4.55. The second-order valence-corrected chi connectivity index (χ2v) is 7.01. The van der Waals surface area contributed by atoms with Gasteiger partial charge in [0.25, 0.3) is 0 Å². The Morgan fingerprint density at radius 1 is 1.36 bits per heavy atom. The molecule has 1 aliphatic heterocycles. The number of fused-ring (bicyclic) bond motifs is 2. The van der Waals surface area contributed by atoms with Crippen molar-refractivity contribution in [3.63, 3.8) is 0 Å². The summed E-state index contributed by atoms with van der Waals surface area (Å²) in [6, 6.07) is 3.72. The Labute approximate surface area is 133 Å². The number of likely N-dealkylation sites (tertiary alicyclic amines) is 1. The fraction of sp³-hybridized carbons (Fsp3) is 0.500. The van der Waals surface area contributed by atoms with Crippen LogP contribution in [-0.4, -0.2) is 38.4 Å². The molecule has 6 heteroatoms. The number of imidazole rings is 1. The summed E-state index contributed by atoms with van der Waals surface area (Å²) in [6.07, 6.45) is 4.73. The number of rotatable bonds is 1. The van der Waals surface area contributed by atoms with Crippen molar-refractivity contribution in [3.05, 3.63) is 35.4 Å². The van der Waals surface area contributed by atoms with Crippen molar-refractivity contribution in [2.75, 3.05) is 13.1 Å². The molecule has 22 heavy (non-hydrogen) atoms. The van der Waals surface area contributed by atoms with Gasteiger partial charge < -0.3 is 10.0 Å². The number of carbonyl (C=O) groups excluding carboxylic acids is 1. The lowest BCUT2D eigenvalue weighted by Crippen LogP contribution is -2.32. The van der Waals surface area contributed by atoms with E-state index in [2.05, 4.69) is 4.98 Å². The first-order valence-corrected chi connectivity index (χ1v) is 7.95. The van der Waals surface area contributed by atoms with Gasteiger partial charge in [-0.15, -0.1) is 0 Å². The van der Waals surface area contributed by atoms with Crippen LogP contribution in [-0.2, 0) is 10.4 Å². The van der Waals surface area contributed by atoms with Crippen molar-refractivity contribution in [3.8, 4) is 0 Å². The standard InChI is InChI=1S/C16H18ClN3O2/c1-10(21)19-7-11-4-16(22,5-12(11)8-19)15-14(17)3-2-13-6-18-9-20(13)15/h2-3,6,9,11-12,22H,4-5,7-8H2,1H3/t11-,12+,16?. The minimum atomic E-state index is -0.949. The van der Waals surface area contributed by atoms with E-state index in [-0.39, 0.29) is 5.91 Å². The average Bonchev–Trinajstić information content (AvgIpc) is 3.10. The van der Waals surface area contributed by atoms with Gasteiger partial charge in [-0.05, 0) is 36.8 Å². The molecule has 1 saturated carbocycles. The van der Waals surface area contributed by atoms with Gasteiger partial charge >= 0.3 is 0 Å². The lowest BCUT2D eigenvalue weighted by molar-refractivity contribution is -0.128. The maximum absolute atomic E-state index is 11.5. The van der Waals surface area contributed by atoms with Crippen molar-refractivity contribution in [1.29, 1.82) is 0 Å². The number of aromatic nitrogens is 2. The smallest absolute Gasteiger partial charge is 0.219 e. The number of hydrogen-bond acceptors (Lipinski definition) is 3. The van der Waals surface area contributed by atoms with Gasteiger partial charge in [0.05, 0.1) is 28.8 Å². The summed E-state index contributed by atoms with van der Waals surface area (Å²) in [4.78, 5) is 17.6. The number of nitrogens with zero attached hydrogens (tertiary/aromatic N) is 3. The Hall–Kier alpha value is -1.59. The molecular formula is C16H18ClN3O2. The maximum Gasteiger partial charge on any atom is 0.219 e. The first kappa shape index (κ1) is 14.0. The van der Waals surface area contributed by atoms with Gasteiger partial charge in [0.1, 0.15) is 5.60 Å². The molecule has 1 unspecified atom stereocenters. The van der Waals surface area contributed by atoms with Crippen LogP contribution < -0.4 is 0 Å². The van der Waals surface area contributed by atoms with Gasteiger partial charge in [-0.1, -0.05) is 11.6 Å². The number of halogens is 1. The van der Waals surface area contributed by atoms with Crippen LogP contribution >= 0.6 is 11.6 Å². The van der Waals surface area contributed by atoms with E-state index >= 15 is 0 Å². The van der Waals surface area contributed by atoms with Gasteiger partial charge in [0.2, 0.25) is 5.91 Å². The first-order chi connectivity index (χ1) is 10.5. The molecular weight excluding hydrogens is 302 g/mol. The Bertz CT molecular complexity index is 743. The molecule has 1 amide bonds. The van der Waals surface area contributed by atoms with Crippen molar-refractivity contribution < 1.29 is 9.90 Å². The molecule has 2 fully saturated rings. The Balaban J connectivity index is 1.70. The highest BCUT2D eigenvalue weighted by Gasteiger charge is 2.51. The van der Waals surface area contributed by atoms with Crippen LogP contribution in [0, 0.1) is 11.8 Å². The third-order valence-corrected chi connectivity index (χ3v) is 5.50. The van der Waals surface area contributed by atoms with Crippen molar-refractivity contribution in [2.45, 2.75) is 25.4 Å². The summed E-state index contributed by atoms with van der Waals surface area (Å²) in [5, 5.41) is 11.8. The molecule has 0 bridgehead atoms. The quantitative estimate of drug-likeness (QED) is 0.875. The summed E-state index contributed by atoms with van der Waals surface area (Å²) in [6.45, 7) is 3.08. The fourth-order valence-electron chi connectivity index (χ4n) is 4.22. The second-order valence-electron chi connectivity index (χ2n) is 6.60. The average molecular weight is 320 g/mol. The summed E-state index contributed by atoms with van der Waals surface area (Å²) in [5.74, 6) is 0.792. The van der Waals surface area contributed by atoms with Crippen LogP contribution in [0.1, 0.15) is 25.5 Å². The second kappa shape index (κ2) is 4.70. The summed E-state index contributed by atoms with van der Waals surface area (Å²) >= 11 is 6.39. The van der Waals surface area contributed by atoms with E-state index in [0.717, 1.165) is 24.3 Å². The monoisotopic (exact) mass is 319 g/mol. The maximum atomic E-state index is 11.5. The highest BCUT2D eigenvalue weighted by atomic mass is 35.5. The third kappa shape index (κ3) is 1.96. The van der Waals surface area contributed by atoms with E-state index in [1.165, 1.54) is 0 Å². The minimum absolute atomic E-state index is 0.118. The number of pyridine rings is 1. The van der Waals surface area contributed by atoms with E-state index in [0.29, 0.717) is 29.7 Å². The Morgan fingerprint density at radius 3 is 2.68 bits per heavy atom. The van der Waals surface area contributed by atoms with Gasteiger partial charge in [0, 0.05) is 20.0 Å². The molecule has 3 heterocycles. The van der Waals surface area contributed by atoms with Crippen LogP contribution in [0.25, 0.3) is 5.52 Å². The molecule has 0 radical (unpaired) electrons. The van der Waals surface area contributed by atoms with Crippen molar-refractivity contribution in [2.24, 2.45) is 11.8 Å². The third-order valence-electron chi connectivity index (χ3n) is 5.20. The van der Waals surface area contributed by atoms with E-state index in [1.807, 2.05) is 21.4 Å². The molecule has 1 saturated heterocycles. The van der Waals surface area contributed by atoms with Crippen LogP contribution in [0.3, 0.4) is 0 Å². The zero-order valence-electron chi connectivity index (χ0n) is 12.4. The summed E-state index contributed by atoms with van der Waals surface area (Å²) in [7, 11) is 0. The molecule has 0 spiro atoms. The molecule has 1 N–H and O–H groups in total. The van der Waals surface area contributed by atoms with Gasteiger partial charge in [-0.2, -0.15) is 0 Å². The van der Waals surface area contributed by atoms with Crippen LogP contribution in [0.2, 0.25) is 5.02 Å². The molecule has 5 nitrogen and oxygen atoms in total. The molecule has 0 aromatic carbocycles. The van der Waals surface area contributed by atoms with E-state index in [4.69, 9.17) is 11.6 Å². The Morgan fingerprint density at radius 2 is 2.05 bits per heavy atom. The van der Waals surface area contributed by atoms with Crippen LogP contribution in [0.5, 0.6) is 0 Å². The number of carbonyl (C=O) groups is 1. The van der Waals surface area contributed by atoms with Crippen molar-refractivity contribution in [1.82, 2.24) is 14.3 Å². The van der Waals surface area contributed by atoms with Gasteiger partial charge in [-0.25, -0.2) is 4.98 Å². The minimum Gasteiger partial charge on any atom is -0.384 e. The lowest BCUT2D eigenvalue weighted by Gasteiger charge is -2.28. The topological polar surface area (TPSA) is 57.8 Å². The zero-order chi connectivity index (χ0) is 15.5. The molecule has 2 aliphatic rings. The number of aliphatic hydroxyl groups is 1. The van der Waals surface area contributed by atoms with Crippen molar-refractivity contribution >= 4 is 23.0 Å². The lowest BCUT2D eigenvalue weighted by atomic mass is 9.94. The van der Waals surface area contributed by atoms with E-state index < -0.39 is 5.60 Å². The normalized spacial score (nSPS) is 31.0. The van der Waals surface area contributed by atoms with E-state index in [9.17, 15) is 9.90 Å². The molecule has 3 atom stereocenters. The predicted octanol–water partition coefficient (Wildman–Crippen LogP) is 2.06. The Kier molecular flexibility index (Phi) is 3.00. The molecule has 2 aromatic heterocycles. The van der Waals surface area contributed by atoms with Gasteiger partial charge in [-0.3, -0.25) is 9.20 Å². The SMILES string of the molecule is CC(=O)N1C[C@@H]2CC(O)(c3c(Cl)ccc4cncn34)C[C@@H]2C1. The molecule has 4 rings (SSSR count). The first-order valence-electron chi connectivity index (χ1n) is 7.57. The van der Waals surface area contributed by atoms with E-state index in [1.54, 1.807) is 19.4 Å².